The fraction of sp³-hybridized carbons (Fsp3) is 0.242. The molecular weight excluding hydrogens is 653 g/mol. The first kappa shape index (κ1) is 34.7. The number of nitrogens with one attached hydrogen (secondary N) is 3. The van der Waals surface area contributed by atoms with E-state index in [9.17, 15) is 27.6 Å². The molecule has 0 saturated heterocycles. The van der Waals surface area contributed by atoms with Crippen molar-refractivity contribution < 1.29 is 41.1 Å². The van der Waals surface area contributed by atoms with Crippen molar-refractivity contribution >= 4 is 41.0 Å². The first-order valence-electron chi connectivity index (χ1n) is 14.8. The van der Waals surface area contributed by atoms with E-state index >= 15 is 8.78 Å². The van der Waals surface area contributed by atoms with Crippen molar-refractivity contribution in [3.8, 4) is 17.0 Å². The highest BCUT2D eigenvalue weighted by molar-refractivity contribution is 6.09. The van der Waals surface area contributed by atoms with Gasteiger partial charge >= 0.3 is 18.2 Å². The predicted octanol–water partition coefficient (Wildman–Crippen LogP) is 6.09. The first-order chi connectivity index (χ1) is 23.1. The van der Waals surface area contributed by atoms with Gasteiger partial charge in [-0.1, -0.05) is 24.3 Å². The molecule has 1 aliphatic rings. The molecule has 0 atom stereocenters. The molecule has 3 aromatic carbocycles. The van der Waals surface area contributed by atoms with Gasteiger partial charge in [-0.2, -0.15) is 18.2 Å². The lowest BCUT2D eigenvalue weighted by Gasteiger charge is -2.31. The molecular formula is C33H30F5N7O4. The van der Waals surface area contributed by atoms with Crippen LogP contribution in [-0.2, 0) is 11.3 Å². The summed E-state index contributed by atoms with van der Waals surface area (Å²) in [5.74, 6) is -6.98. The Balaban J connectivity index is 1.78. The number of esters is 1. The minimum absolute atomic E-state index is 0.00376. The van der Waals surface area contributed by atoms with Crippen molar-refractivity contribution in [3.63, 3.8) is 0 Å². The van der Waals surface area contributed by atoms with E-state index in [1.807, 2.05) is 4.90 Å². The van der Waals surface area contributed by atoms with Gasteiger partial charge in [-0.05, 0) is 69.4 Å². The summed E-state index contributed by atoms with van der Waals surface area (Å²) in [5.41, 5.74) is -0.312. The second-order valence-electron chi connectivity index (χ2n) is 11.3. The van der Waals surface area contributed by atoms with Gasteiger partial charge in [-0.3, -0.25) is 4.79 Å². The van der Waals surface area contributed by atoms with Gasteiger partial charge in [-0.25, -0.2) is 28.3 Å². The molecule has 1 aliphatic heterocycles. The number of benzene rings is 3. The summed E-state index contributed by atoms with van der Waals surface area (Å²) in [7, 11) is 3.59. The highest BCUT2D eigenvalue weighted by atomic mass is 19.4. The number of carbonyl (C=O) groups is 3. The van der Waals surface area contributed by atoms with Crippen LogP contribution in [0.1, 0.15) is 27.0 Å². The Morgan fingerprint density at radius 1 is 1.02 bits per heavy atom. The topological polar surface area (TPSA) is 129 Å². The van der Waals surface area contributed by atoms with Crippen LogP contribution in [0.4, 0.5) is 49.9 Å². The van der Waals surface area contributed by atoms with Crippen molar-refractivity contribution in [3.05, 3.63) is 88.5 Å². The number of hydrogen-bond donors (Lipinski definition) is 3. The average molecular weight is 684 g/mol. The number of aromatic nitrogens is 2. The van der Waals surface area contributed by atoms with Crippen LogP contribution < -0.4 is 25.6 Å². The number of carbonyl (C=O) groups excluding carboxylic acids is 3. The number of likely N-dealkylation sites (N-methyl/N-ethyl adjacent to an activating group) is 1. The van der Waals surface area contributed by atoms with Crippen molar-refractivity contribution in [2.45, 2.75) is 26.6 Å². The third-order valence-corrected chi connectivity index (χ3v) is 7.37. The van der Waals surface area contributed by atoms with Crippen LogP contribution in [0.5, 0.6) is 5.75 Å². The van der Waals surface area contributed by atoms with Crippen LogP contribution in [-0.4, -0.2) is 66.1 Å². The number of aryl methyl sites for hydroxylation is 2. The molecule has 3 N–H and O–H groups in total. The number of alkyl halides is 3. The molecule has 5 rings (SSSR count). The van der Waals surface area contributed by atoms with Crippen molar-refractivity contribution in [2.75, 3.05) is 42.7 Å². The van der Waals surface area contributed by atoms with Crippen LogP contribution in [0.25, 0.3) is 11.3 Å². The smallest absolute Gasteiger partial charge is 0.418 e. The van der Waals surface area contributed by atoms with Gasteiger partial charge < -0.3 is 25.6 Å². The Bertz CT molecular complexity index is 1930. The number of fused-ring (bicyclic) bond motifs is 1. The number of rotatable bonds is 9. The molecule has 0 saturated carbocycles. The van der Waals surface area contributed by atoms with Gasteiger partial charge in [-0.15, -0.1) is 0 Å². The molecule has 49 heavy (non-hydrogen) atoms. The lowest BCUT2D eigenvalue weighted by molar-refractivity contribution is -0.189. The lowest BCUT2D eigenvalue weighted by atomic mass is 9.95. The maximum Gasteiger partial charge on any atom is 0.491 e. The number of para-hydroxylation sites is 1. The Kier molecular flexibility index (Phi) is 9.80. The molecule has 256 valence electrons. The number of ether oxygens (including phenoxy) is 1. The summed E-state index contributed by atoms with van der Waals surface area (Å²) in [6.45, 7) is 3.60. The minimum Gasteiger partial charge on any atom is -0.418 e. The molecule has 11 nitrogen and oxygen atoms in total. The van der Waals surface area contributed by atoms with Crippen LogP contribution in [0.3, 0.4) is 0 Å². The van der Waals surface area contributed by atoms with Crippen molar-refractivity contribution in [2.24, 2.45) is 0 Å². The van der Waals surface area contributed by atoms with Gasteiger partial charge in [0.15, 0.2) is 11.6 Å². The molecule has 1 aromatic heterocycles. The zero-order valence-electron chi connectivity index (χ0n) is 26.6. The maximum absolute atomic E-state index is 15.1. The van der Waals surface area contributed by atoms with Crippen LogP contribution in [0.15, 0.2) is 54.6 Å². The molecule has 3 amide bonds. The van der Waals surface area contributed by atoms with Crippen LogP contribution in [0.2, 0.25) is 0 Å². The van der Waals surface area contributed by atoms with E-state index < -0.39 is 52.7 Å². The van der Waals surface area contributed by atoms with E-state index in [4.69, 9.17) is 4.74 Å². The number of nitrogens with zero attached hydrogens (tertiary/aromatic N) is 4. The van der Waals surface area contributed by atoms with Crippen molar-refractivity contribution in [1.82, 2.24) is 20.2 Å². The summed E-state index contributed by atoms with van der Waals surface area (Å²) in [6, 6.07) is 11.2. The number of hydrogen-bond acceptors (Lipinski definition) is 8. The molecule has 4 aromatic rings. The summed E-state index contributed by atoms with van der Waals surface area (Å²) in [6.07, 6.45) is -5.46. The first-order valence-corrected chi connectivity index (χ1v) is 14.8. The molecule has 2 heterocycles. The molecule has 0 radical (unpaired) electrons. The Morgan fingerprint density at radius 3 is 2.37 bits per heavy atom. The zero-order valence-corrected chi connectivity index (χ0v) is 26.6. The van der Waals surface area contributed by atoms with E-state index in [1.165, 1.54) is 19.1 Å². The third-order valence-electron chi connectivity index (χ3n) is 7.37. The lowest BCUT2D eigenvalue weighted by Crippen LogP contribution is -2.43. The summed E-state index contributed by atoms with van der Waals surface area (Å²) >= 11 is 0. The number of amides is 3. The Labute approximate surface area is 277 Å². The highest BCUT2D eigenvalue weighted by Crippen LogP contribution is 2.44. The molecule has 0 aliphatic carbocycles. The van der Waals surface area contributed by atoms with Gasteiger partial charge in [0, 0.05) is 29.9 Å². The van der Waals surface area contributed by atoms with Crippen LogP contribution in [0, 0.1) is 25.5 Å². The average Bonchev–Trinajstić information content (AvgIpc) is 3.01. The molecule has 0 fully saturated rings. The number of urea groups is 1. The fourth-order valence-corrected chi connectivity index (χ4v) is 5.08. The maximum atomic E-state index is 15.1. The van der Waals surface area contributed by atoms with Gasteiger partial charge in [0.05, 0.1) is 17.8 Å². The van der Waals surface area contributed by atoms with E-state index in [0.29, 0.717) is 17.1 Å². The number of halogens is 5. The van der Waals surface area contributed by atoms with Gasteiger partial charge in [0.1, 0.15) is 17.3 Å². The molecule has 0 unspecified atom stereocenters. The second kappa shape index (κ2) is 13.8. The van der Waals surface area contributed by atoms with E-state index in [1.54, 1.807) is 45.3 Å². The SMILES string of the molecule is Cc1cccc(NC(=O)c2ccc(C)c(-c3nc(NCCN(C)C)nc4c3CNC(=O)N4c3c(F)cccc3F)c2OC(=O)C(F)(F)F)c1. The Morgan fingerprint density at radius 2 is 1.71 bits per heavy atom. The van der Waals surface area contributed by atoms with Crippen molar-refractivity contribution in [1.29, 1.82) is 0 Å². The third kappa shape index (κ3) is 7.43. The highest BCUT2D eigenvalue weighted by Gasteiger charge is 2.43. The predicted molar refractivity (Wildman–Crippen MR) is 171 cm³/mol. The summed E-state index contributed by atoms with van der Waals surface area (Å²) in [5, 5.41) is 8.04. The number of anilines is 4. The van der Waals surface area contributed by atoms with Crippen LogP contribution >= 0.6 is 0 Å². The fourth-order valence-electron chi connectivity index (χ4n) is 5.08. The van der Waals surface area contributed by atoms with E-state index in [2.05, 4.69) is 25.9 Å². The van der Waals surface area contributed by atoms with Gasteiger partial charge in [0.25, 0.3) is 5.91 Å². The quantitative estimate of drug-likeness (QED) is 0.110. The molecule has 0 spiro atoms. The molecule has 16 heteroatoms. The second-order valence-corrected chi connectivity index (χ2v) is 11.3. The normalized spacial score (nSPS) is 12.8. The Hall–Kier alpha value is -5.64. The molecule has 0 bridgehead atoms. The largest absolute Gasteiger partial charge is 0.491 e. The van der Waals surface area contributed by atoms with Gasteiger partial charge in [0.2, 0.25) is 5.95 Å². The van der Waals surface area contributed by atoms with E-state index in [0.717, 1.165) is 23.8 Å². The standard InChI is InChI=1S/C33H30F5N7O4/c1-17-7-5-8-19(15-17)41-29(46)20-12-11-18(2)24(27(20)49-30(47)33(36,37)38)25-21-16-40-32(48)45(26-22(34)9-6-10-23(26)35)28(21)43-31(42-25)39-13-14-44(3)4/h5-12,15H,13-14,16H2,1-4H3,(H,40,48)(H,41,46)(H,39,42,43). The zero-order chi connectivity index (χ0) is 35.6. The van der Waals surface area contributed by atoms with E-state index in [-0.39, 0.29) is 47.2 Å². The summed E-state index contributed by atoms with van der Waals surface area (Å²) < 4.78 is 76.1. The monoisotopic (exact) mass is 683 g/mol. The minimum atomic E-state index is -5.46. The summed E-state index contributed by atoms with van der Waals surface area (Å²) in [4.78, 5) is 50.6.